The molecule has 2 saturated heterocycles. The third kappa shape index (κ3) is 6.62. The van der Waals surface area contributed by atoms with Gasteiger partial charge in [-0.2, -0.15) is 17.5 Å². The van der Waals surface area contributed by atoms with E-state index >= 15 is 0 Å². The number of ether oxygens (including phenoxy) is 2. The zero-order valence-corrected chi connectivity index (χ0v) is 17.2. The first kappa shape index (κ1) is 24.5. The first-order chi connectivity index (χ1) is 14.1. The van der Waals surface area contributed by atoms with Crippen molar-refractivity contribution in [1.29, 1.82) is 0 Å². The van der Waals surface area contributed by atoms with E-state index in [9.17, 15) is 21.6 Å². The number of hydrogen-bond donors (Lipinski definition) is 1. The summed E-state index contributed by atoms with van der Waals surface area (Å²) in [6.45, 7) is 3.40. The molecule has 0 aromatic carbocycles. The Morgan fingerprint density at radius 1 is 1.37 bits per heavy atom. The van der Waals surface area contributed by atoms with Gasteiger partial charge in [-0.1, -0.05) is 6.92 Å². The second-order valence-electron chi connectivity index (χ2n) is 6.94. The molecule has 1 aromatic rings. The van der Waals surface area contributed by atoms with E-state index in [4.69, 9.17) is 19.4 Å². The predicted molar refractivity (Wildman–Crippen MR) is 100 cm³/mol. The van der Waals surface area contributed by atoms with Crippen molar-refractivity contribution in [2.45, 2.75) is 57.2 Å². The number of aromatic nitrogens is 1. The highest BCUT2D eigenvalue weighted by Gasteiger charge is 2.49. The first-order valence-corrected chi connectivity index (χ1v) is 11.1. The summed E-state index contributed by atoms with van der Waals surface area (Å²) < 4.78 is 70.3. The molecule has 0 aliphatic carbocycles. The molecular weight excluding hydrogens is 429 g/mol. The van der Waals surface area contributed by atoms with Crippen LogP contribution in [0.1, 0.15) is 31.7 Å². The Kier molecular flexibility index (Phi) is 8.59. The molecule has 30 heavy (non-hydrogen) atoms. The molecular formula is C18H25F3N2O6S. The van der Waals surface area contributed by atoms with Crippen LogP contribution in [0.5, 0.6) is 0 Å². The van der Waals surface area contributed by atoms with Gasteiger partial charge in [-0.3, -0.25) is 4.98 Å². The van der Waals surface area contributed by atoms with E-state index in [0.29, 0.717) is 26.2 Å². The van der Waals surface area contributed by atoms with Crippen LogP contribution in [0.2, 0.25) is 0 Å². The minimum Gasteiger partial charge on any atom is -0.475 e. The molecule has 3 atom stereocenters. The van der Waals surface area contributed by atoms with E-state index in [0.717, 1.165) is 18.4 Å². The molecule has 1 aromatic heterocycles. The van der Waals surface area contributed by atoms with Crippen LogP contribution in [0.3, 0.4) is 0 Å². The van der Waals surface area contributed by atoms with Gasteiger partial charge in [0.2, 0.25) is 10.0 Å². The van der Waals surface area contributed by atoms with Crippen molar-refractivity contribution in [3.8, 4) is 0 Å². The van der Waals surface area contributed by atoms with E-state index < -0.39 is 22.2 Å². The number of carboxylic acid groups (broad SMARTS) is 1. The van der Waals surface area contributed by atoms with E-state index in [1.807, 2.05) is 19.1 Å². The lowest BCUT2D eigenvalue weighted by molar-refractivity contribution is -0.192. The van der Waals surface area contributed by atoms with Crippen LogP contribution in [0, 0.1) is 0 Å². The quantitative estimate of drug-likeness (QED) is 0.702. The first-order valence-electron chi connectivity index (χ1n) is 9.48. The molecule has 0 saturated carbocycles. The smallest absolute Gasteiger partial charge is 0.475 e. The summed E-state index contributed by atoms with van der Waals surface area (Å²) in [5.41, 5.74) is 1.03. The van der Waals surface area contributed by atoms with Crippen LogP contribution in [-0.2, 0) is 30.9 Å². The third-order valence-electron chi connectivity index (χ3n) is 4.71. The molecule has 0 amide bonds. The monoisotopic (exact) mass is 454 g/mol. The number of hydrogen-bond acceptors (Lipinski definition) is 6. The number of carbonyl (C=O) groups is 1. The van der Waals surface area contributed by atoms with E-state index in [1.165, 1.54) is 0 Å². The molecule has 0 spiro atoms. The van der Waals surface area contributed by atoms with Gasteiger partial charge in [0.15, 0.2) is 0 Å². The van der Waals surface area contributed by atoms with Crippen molar-refractivity contribution in [3.05, 3.63) is 30.1 Å². The van der Waals surface area contributed by atoms with Crippen LogP contribution in [-0.4, -0.2) is 72.1 Å². The van der Waals surface area contributed by atoms with Crippen LogP contribution in [0.15, 0.2) is 24.5 Å². The highest BCUT2D eigenvalue weighted by atomic mass is 32.2. The number of carboxylic acids is 1. The maximum atomic E-state index is 12.5. The lowest BCUT2D eigenvalue weighted by atomic mass is 10.0. The number of sulfonamides is 1. The van der Waals surface area contributed by atoms with Crippen molar-refractivity contribution in [2.75, 3.05) is 18.9 Å². The fourth-order valence-corrected chi connectivity index (χ4v) is 5.15. The van der Waals surface area contributed by atoms with Gasteiger partial charge in [-0.15, -0.1) is 0 Å². The minimum atomic E-state index is -5.08. The van der Waals surface area contributed by atoms with Gasteiger partial charge in [-0.05, 0) is 37.0 Å². The summed E-state index contributed by atoms with van der Waals surface area (Å²) in [6, 6.07) is 3.72. The van der Waals surface area contributed by atoms with Crippen LogP contribution < -0.4 is 0 Å². The molecule has 3 heterocycles. The SMILES string of the molecule is CCCS(=O)(=O)N1C[C@@H](OCc2ccncc2)[C@H]2OCCC[C@H]21.O=C(O)C(F)(F)F. The normalized spacial score (nSPS) is 24.6. The number of pyridine rings is 1. The Hall–Kier alpha value is -1.76. The van der Waals surface area contributed by atoms with Gasteiger partial charge in [0.05, 0.1) is 24.5 Å². The molecule has 0 unspecified atom stereocenters. The van der Waals surface area contributed by atoms with Crippen molar-refractivity contribution >= 4 is 16.0 Å². The summed E-state index contributed by atoms with van der Waals surface area (Å²) in [4.78, 5) is 12.9. The maximum Gasteiger partial charge on any atom is 0.490 e. The Bertz CT molecular complexity index is 791. The summed E-state index contributed by atoms with van der Waals surface area (Å²) >= 11 is 0. The van der Waals surface area contributed by atoms with Crippen molar-refractivity contribution in [3.63, 3.8) is 0 Å². The molecule has 170 valence electrons. The third-order valence-corrected chi connectivity index (χ3v) is 6.76. The van der Waals surface area contributed by atoms with Crippen LogP contribution in [0.4, 0.5) is 13.2 Å². The number of fused-ring (bicyclic) bond motifs is 1. The van der Waals surface area contributed by atoms with Crippen molar-refractivity contribution < 1.29 is 41.0 Å². The fourth-order valence-electron chi connectivity index (χ4n) is 3.39. The van der Waals surface area contributed by atoms with E-state index in [-0.39, 0.29) is 24.0 Å². The number of nitrogens with zero attached hydrogens (tertiary/aromatic N) is 2. The van der Waals surface area contributed by atoms with E-state index in [2.05, 4.69) is 4.98 Å². The van der Waals surface area contributed by atoms with Gasteiger partial charge in [0, 0.05) is 25.5 Å². The zero-order valence-electron chi connectivity index (χ0n) is 16.4. The van der Waals surface area contributed by atoms with Gasteiger partial charge in [0.1, 0.15) is 6.10 Å². The van der Waals surface area contributed by atoms with Gasteiger partial charge < -0.3 is 14.6 Å². The summed E-state index contributed by atoms with van der Waals surface area (Å²) in [5, 5.41) is 7.12. The molecule has 12 heteroatoms. The standard InChI is InChI=1S/C16H24N2O4S.C2HF3O2/c1-2-10-23(19,20)18-11-15(16-14(18)4-3-9-21-16)22-12-13-5-7-17-8-6-13;3-2(4,5)1(6)7/h5-8,14-16H,2-4,9-12H2,1H3;(H,6,7)/t14-,15-,16+;/m1./s1. The molecule has 2 aliphatic heterocycles. The lowest BCUT2D eigenvalue weighted by Gasteiger charge is -2.31. The van der Waals surface area contributed by atoms with Crippen LogP contribution >= 0.6 is 0 Å². The topological polar surface area (TPSA) is 106 Å². The Morgan fingerprint density at radius 2 is 2.00 bits per heavy atom. The predicted octanol–water partition coefficient (Wildman–Crippen LogP) is 2.20. The van der Waals surface area contributed by atoms with Gasteiger partial charge >= 0.3 is 12.1 Å². The van der Waals surface area contributed by atoms with Crippen molar-refractivity contribution in [2.24, 2.45) is 0 Å². The molecule has 0 radical (unpaired) electrons. The van der Waals surface area contributed by atoms with Crippen LogP contribution in [0.25, 0.3) is 0 Å². The number of rotatable bonds is 6. The average Bonchev–Trinajstić information content (AvgIpc) is 3.07. The summed E-state index contributed by atoms with van der Waals surface area (Å²) in [5.74, 6) is -2.57. The molecule has 2 fully saturated rings. The fraction of sp³-hybridized carbons (Fsp3) is 0.667. The lowest BCUT2D eigenvalue weighted by Crippen LogP contribution is -2.44. The zero-order chi connectivity index (χ0) is 22.4. The highest BCUT2D eigenvalue weighted by Crippen LogP contribution is 2.33. The molecule has 3 rings (SSSR count). The maximum absolute atomic E-state index is 12.5. The van der Waals surface area contributed by atoms with Crippen molar-refractivity contribution in [1.82, 2.24) is 9.29 Å². The molecule has 2 aliphatic rings. The molecule has 1 N–H and O–H groups in total. The number of alkyl halides is 3. The highest BCUT2D eigenvalue weighted by molar-refractivity contribution is 7.89. The largest absolute Gasteiger partial charge is 0.490 e. The second-order valence-corrected chi connectivity index (χ2v) is 8.98. The minimum absolute atomic E-state index is 0.0808. The average molecular weight is 454 g/mol. The molecule has 8 nitrogen and oxygen atoms in total. The van der Waals surface area contributed by atoms with Gasteiger partial charge in [-0.25, -0.2) is 13.2 Å². The molecule has 0 bridgehead atoms. The van der Waals surface area contributed by atoms with Gasteiger partial charge in [0.25, 0.3) is 0 Å². The number of halogens is 3. The second kappa shape index (κ2) is 10.5. The summed E-state index contributed by atoms with van der Waals surface area (Å²) in [6.07, 6.45) is 0.382. The Labute approximate surface area is 173 Å². The number of aliphatic carboxylic acids is 1. The Morgan fingerprint density at radius 3 is 2.57 bits per heavy atom. The Balaban J connectivity index is 0.000000396. The van der Waals surface area contributed by atoms with E-state index in [1.54, 1.807) is 16.7 Å². The summed E-state index contributed by atoms with van der Waals surface area (Å²) in [7, 11) is -3.23.